The molecule has 1 heterocycles. The molecule has 1 aliphatic rings. The molecule has 1 N–H and O–H groups in total. The zero-order valence-corrected chi connectivity index (χ0v) is 13.6. The molecule has 1 saturated heterocycles. The predicted molar refractivity (Wildman–Crippen MR) is 81.2 cm³/mol. The number of hydrogen-bond donors (Lipinski definition) is 1. The fraction of sp³-hybridized carbons (Fsp3) is 0.467. The lowest BCUT2D eigenvalue weighted by atomic mass is 9.84. The summed E-state index contributed by atoms with van der Waals surface area (Å²) in [5.41, 5.74) is 0.775. The second kappa shape index (κ2) is 6.47. The second-order valence-corrected chi connectivity index (χ2v) is 5.85. The molecule has 2 atom stereocenters. The minimum atomic E-state index is -0.874. The zero-order valence-electron chi connectivity index (χ0n) is 12.0. The van der Waals surface area contributed by atoms with Crippen molar-refractivity contribution in [3.63, 3.8) is 0 Å². The van der Waals surface area contributed by atoms with Crippen molar-refractivity contribution in [2.45, 2.75) is 25.8 Å². The molecule has 5 nitrogen and oxygen atoms in total. The molecule has 1 aromatic rings. The van der Waals surface area contributed by atoms with Crippen molar-refractivity contribution in [2.75, 3.05) is 13.7 Å². The third kappa shape index (κ3) is 3.05. The third-order valence-corrected chi connectivity index (χ3v) is 4.61. The van der Waals surface area contributed by atoms with E-state index in [1.54, 1.807) is 24.1 Å². The maximum atomic E-state index is 12.1. The van der Waals surface area contributed by atoms with Gasteiger partial charge in [0.15, 0.2) is 0 Å². The van der Waals surface area contributed by atoms with Crippen LogP contribution in [0.3, 0.4) is 0 Å². The van der Waals surface area contributed by atoms with Gasteiger partial charge in [-0.2, -0.15) is 0 Å². The van der Waals surface area contributed by atoms with Crippen molar-refractivity contribution < 1.29 is 19.4 Å². The standard InChI is InChI=1S/C15H18BrNO4/c1-3-17-13(18)7-5-10(15(19)20)14(17)11-8-9(21-2)4-6-12(11)16/h4,6,8,10,14H,3,5,7H2,1-2H3,(H,19,20). The summed E-state index contributed by atoms with van der Waals surface area (Å²) in [7, 11) is 1.56. The Balaban J connectivity index is 2.52. The van der Waals surface area contributed by atoms with Crippen LogP contribution < -0.4 is 4.74 Å². The number of carbonyl (C=O) groups excluding carboxylic acids is 1. The molecule has 6 heteroatoms. The van der Waals surface area contributed by atoms with E-state index in [1.165, 1.54) is 0 Å². The van der Waals surface area contributed by atoms with E-state index in [4.69, 9.17) is 4.74 Å². The minimum Gasteiger partial charge on any atom is -0.497 e. The molecule has 1 aromatic carbocycles. The van der Waals surface area contributed by atoms with Crippen LogP contribution in [-0.2, 0) is 9.59 Å². The highest BCUT2D eigenvalue weighted by molar-refractivity contribution is 9.10. The molecule has 0 bridgehead atoms. The van der Waals surface area contributed by atoms with Crippen LogP contribution in [0, 0.1) is 5.92 Å². The molecule has 1 aliphatic heterocycles. The van der Waals surface area contributed by atoms with Crippen molar-refractivity contribution >= 4 is 27.8 Å². The van der Waals surface area contributed by atoms with Crippen molar-refractivity contribution in [3.8, 4) is 5.75 Å². The summed E-state index contributed by atoms with van der Waals surface area (Å²) >= 11 is 3.46. The molecule has 1 fully saturated rings. The average molecular weight is 356 g/mol. The van der Waals surface area contributed by atoms with Gasteiger partial charge in [-0.05, 0) is 37.1 Å². The fourth-order valence-corrected chi connectivity index (χ4v) is 3.33. The van der Waals surface area contributed by atoms with Crippen molar-refractivity contribution in [3.05, 3.63) is 28.2 Å². The Kier molecular flexibility index (Phi) is 4.88. The number of carbonyl (C=O) groups is 2. The molecule has 2 unspecified atom stereocenters. The molecule has 0 aromatic heterocycles. The first-order chi connectivity index (χ1) is 9.99. The molecular weight excluding hydrogens is 338 g/mol. The Hall–Kier alpha value is -1.56. The first kappa shape index (κ1) is 15.8. The van der Waals surface area contributed by atoms with Gasteiger partial charge in [0, 0.05) is 17.4 Å². The highest BCUT2D eigenvalue weighted by atomic mass is 79.9. The van der Waals surface area contributed by atoms with Crippen LogP contribution in [0.25, 0.3) is 0 Å². The van der Waals surface area contributed by atoms with E-state index in [-0.39, 0.29) is 12.3 Å². The molecule has 0 spiro atoms. The lowest BCUT2D eigenvalue weighted by Gasteiger charge is -2.39. The molecule has 1 amide bonds. The van der Waals surface area contributed by atoms with Gasteiger partial charge in [-0.15, -0.1) is 0 Å². The number of ether oxygens (including phenoxy) is 1. The number of piperidine rings is 1. The zero-order chi connectivity index (χ0) is 15.6. The van der Waals surface area contributed by atoms with Crippen LogP contribution in [-0.4, -0.2) is 35.5 Å². The summed E-state index contributed by atoms with van der Waals surface area (Å²) in [6.45, 7) is 2.35. The molecular formula is C15H18BrNO4. The average Bonchev–Trinajstić information content (AvgIpc) is 2.47. The van der Waals surface area contributed by atoms with E-state index in [2.05, 4.69) is 15.9 Å². The predicted octanol–water partition coefficient (Wildman–Crippen LogP) is 2.84. The molecule has 0 saturated carbocycles. The summed E-state index contributed by atoms with van der Waals surface area (Å²) < 4.78 is 6.01. The van der Waals surface area contributed by atoms with Gasteiger partial charge in [0.2, 0.25) is 5.91 Å². The maximum absolute atomic E-state index is 12.1. The number of nitrogens with zero attached hydrogens (tertiary/aromatic N) is 1. The number of carboxylic acid groups (broad SMARTS) is 1. The minimum absolute atomic E-state index is 0.00489. The molecule has 0 aliphatic carbocycles. The molecule has 21 heavy (non-hydrogen) atoms. The van der Waals surface area contributed by atoms with Gasteiger partial charge in [0.05, 0.1) is 19.1 Å². The fourth-order valence-electron chi connectivity index (χ4n) is 2.84. The summed E-state index contributed by atoms with van der Waals surface area (Å²) in [6.07, 6.45) is 0.641. The smallest absolute Gasteiger partial charge is 0.308 e. The van der Waals surface area contributed by atoms with Crippen molar-refractivity contribution in [1.82, 2.24) is 4.90 Å². The number of likely N-dealkylation sites (tertiary alicyclic amines) is 1. The Bertz CT molecular complexity index is 559. The van der Waals surface area contributed by atoms with E-state index < -0.39 is 17.9 Å². The number of amides is 1. The summed E-state index contributed by atoms with van der Waals surface area (Å²) in [4.78, 5) is 25.4. The normalized spacial score (nSPS) is 22.2. The Morgan fingerprint density at radius 2 is 2.24 bits per heavy atom. The summed E-state index contributed by atoms with van der Waals surface area (Å²) in [5.74, 6) is -0.840. The first-order valence-corrected chi connectivity index (χ1v) is 7.64. The first-order valence-electron chi connectivity index (χ1n) is 6.85. The molecule has 2 rings (SSSR count). The van der Waals surface area contributed by atoms with E-state index in [0.29, 0.717) is 18.7 Å². The molecule has 114 valence electrons. The quantitative estimate of drug-likeness (QED) is 0.901. The van der Waals surface area contributed by atoms with Gasteiger partial charge in [0.25, 0.3) is 0 Å². The monoisotopic (exact) mass is 355 g/mol. The van der Waals surface area contributed by atoms with Crippen LogP contribution in [0.2, 0.25) is 0 Å². The lowest BCUT2D eigenvalue weighted by Crippen LogP contribution is -2.45. The SMILES string of the molecule is CCN1C(=O)CCC(C(=O)O)C1c1cc(OC)ccc1Br. The van der Waals surface area contributed by atoms with E-state index >= 15 is 0 Å². The third-order valence-electron chi connectivity index (χ3n) is 3.89. The number of carboxylic acids is 1. The Morgan fingerprint density at radius 1 is 1.52 bits per heavy atom. The Labute approximate surface area is 132 Å². The van der Waals surface area contributed by atoms with Crippen LogP contribution in [0.1, 0.15) is 31.4 Å². The van der Waals surface area contributed by atoms with Gasteiger partial charge >= 0.3 is 5.97 Å². The van der Waals surface area contributed by atoms with Gasteiger partial charge in [-0.3, -0.25) is 9.59 Å². The van der Waals surface area contributed by atoms with Crippen LogP contribution >= 0.6 is 15.9 Å². The van der Waals surface area contributed by atoms with E-state index in [9.17, 15) is 14.7 Å². The largest absolute Gasteiger partial charge is 0.497 e. The second-order valence-electron chi connectivity index (χ2n) is 5.00. The van der Waals surface area contributed by atoms with Crippen LogP contribution in [0.5, 0.6) is 5.75 Å². The highest BCUT2D eigenvalue weighted by Gasteiger charge is 2.40. The van der Waals surface area contributed by atoms with Crippen molar-refractivity contribution in [2.24, 2.45) is 5.92 Å². The van der Waals surface area contributed by atoms with Gasteiger partial charge in [0.1, 0.15) is 5.75 Å². The summed E-state index contributed by atoms with van der Waals surface area (Å²) in [5, 5.41) is 9.50. The van der Waals surface area contributed by atoms with Crippen molar-refractivity contribution in [1.29, 1.82) is 0 Å². The molecule has 0 radical (unpaired) electrons. The highest BCUT2D eigenvalue weighted by Crippen LogP contribution is 2.40. The topological polar surface area (TPSA) is 66.8 Å². The van der Waals surface area contributed by atoms with E-state index in [1.807, 2.05) is 13.0 Å². The van der Waals surface area contributed by atoms with E-state index in [0.717, 1.165) is 10.0 Å². The van der Waals surface area contributed by atoms with Crippen LogP contribution in [0.15, 0.2) is 22.7 Å². The summed E-state index contributed by atoms with van der Waals surface area (Å²) in [6, 6.07) is 4.94. The number of methoxy groups -OCH3 is 1. The van der Waals surface area contributed by atoms with Gasteiger partial charge < -0.3 is 14.7 Å². The number of halogens is 1. The maximum Gasteiger partial charge on any atom is 0.308 e. The van der Waals surface area contributed by atoms with Gasteiger partial charge in [-0.25, -0.2) is 0 Å². The Morgan fingerprint density at radius 3 is 2.81 bits per heavy atom. The number of hydrogen-bond acceptors (Lipinski definition) is 3. The number of rotatable bonds is 4. The lowest BCUT2D eigenvalue weighted by molar-refractivity contribution is -0.151. The number of benzene rings is 1. The van der Waals surface area contributed by atoms with Crippen LogP contribution in [0.4, 0.5) is 0 Å². The number of aliphatic carboxylic acids is 1. The van der Waals surface area contributed by atoms with Gasteiger partial charge in [-0.1, -0.05) is 15.9 Å².